The lowest BCUT2D eigenvalue weighted by Crippen LogP contribution is -2.29. The van der Waals surface area contributed by atoms with Crippen LogP contribution in [0.1, 0.15) is 59.1 Å². The van der Waals surface area contributed by atoms with E-state index in [9.17, 15) is 9.59 Å². The van der Waals surface area contributed by atoms with E-state index in [1.54, 1.807) is 24.3 Å². The first kappa shape index (κ1) is 19.6. The lowest BCUT2D eigenvalue weighted by atomic mass is 9.86. The summed E-state index contributed by atoms with van der Waals surface area (Å²) in [7, 11) is 0. The lowest BCUT2D eigenvalue weighted by molar-refractivity contribution is 0.0970. The number of para-hydroxylation sites is 1. The van der Waals surface area contributed by atoms with Crippen LogP contribution >= 0.6 is 11.3 Å². The van der Waals surface area contributed by atoms with Crippen molar-refractivity contribution in [3.63, 3.8) is 0 Å². The number of carbonyl (C=O) groups excluding carboxylic acids is 1. The van der Waals surface area contributed by atoms with E-state index >= 15 is 0 Å². The van der Waals surface area contributed by atoms with Gasteiger partial charge in [-0.25, -0.2) is 0 Å². The molecule has 3 heterocycles. The first-order valence-corrected chi connectivity index (χ1v) is 10.9. The fourth-order valence-electron chi connectivity index (χ4n) is 3.98. The Hall–Kier alpha value is -3.32. The Balaban J connectivity index is 1.76. The zero-order valence-corrected chi connectivity index (χ0v) is 18.5. The molecular formula is C24H21N3O3S. The van der Waals surface area contributed by atoms with Crippen molar-refractivity contribution in [2.45, 2.75) is 39.2 Å². The Bertz CT molecular complexity index is 1380. The standard InChI is InChI=1S/C24H21N3O3S/c1-13-25-26-23(31-13)27-19(14-9-11-15(12-10-14)24(2,3)4)18-20(28)16-7-5-6-8-17(16)30-21(18)22(27)29/h5-12,19H,1-4H3. The van der Waals surface area contributed by atoms with Crippen LogP contribution in [0.4, 0.5) is 5.13 Å². The summed E-state index contributed by atoms with van der Waals surface area (Å²) in [6.45, 7) is 8.27. The number of nitrogens with zero attached hydrogens (tertiary/aromatic N) is 3. The van der Waals surface area contributed by atoms with Crippen LogP contribution in [0.25, 0.3) is 11.0 Å². The summed E-state index contributed by atoms with van der Waals surface area (Å²) in [5, 5.41) is 9.92. The van der Waals surface area contributed by atoms with Gasteiger partial charge < -0.3 is 4.42 Å². The Morgan fingerprint density at radius 1 is 1.00 bits per heavy atom. The van der Waals surface area contributed by atoms with Crippen molar-refractivity contribution < 1.29 is 9.21 Å². The van der Waals surface area contributed by atoms with Crippen molar-refractivity contribution in [1.29, 1.82) is 0 Å². The molecule has 6 nitrogen and oxygen atoms in total. The van der Waals surface area contributed by atoms with Gasteiger partial charge in [-0.3, -0.25) is 14.5 Å². The Morgan fingerprint density at radius 2 is 1.71 bits per heavy atom. The first-order chi connectivity index (χ1) is 14.8. The normalized spacial score (nSPS) is 16.2. The molecule has 0 aliphatic carbocycles. The van der Waals surface area contributed by atoms with Crippen LogP contribution in [0.2, 0.25) is 0 Å². The van der Waals surface area contributed by atoms with Gasteiger partial charge in [0.25, 0.3) is 5.91 Å². The van der Waals surface area contributed by atoms with Gasteiger partial charge in [-0.1, -0.05) is 68.5 Å². The SMILES string of the molecule is Cc1nnc(N2C(=O)c3oc4ccccc4c(=O)c3C2c2ccc(C(C)(C)C)cc2)s1. The molecule has 1 amide bonds. The quantitative estimate of drug-likeness (QED) is 0.446. The average Bonchev–Trinajstić information content (AvgIpc) is 3.29. The van der Waals surface area contributed by atoms with E-state index in [-0.39, 0.29) is 22.5 Å². The zero-order chi connectivity index (χ0) is 21.9. The summed E-state index contributed by atoms with van der Waals surface area (Å²) in [5.41, 5.74) is 2.54. The summed E-state index contributed by atoms with van der Waals surface area (Å²) >= 11 is 1.31. The topological polar surface area (TPSA) is 76.3 Å². The number of fused-ring (bicyclic) bond motifs is 2. The first-order valence-electron chi connectivity index (χ1n) is 10.1. The van der Waals surface area contributed by atoms with E-state index in [1.165, 1.54) is 21.8 Å². The van der Waals surface area contributed by atoms with E-state index in [4.69, 9.17) is 4.42 Å². The monoisotopic (exact) mass is 431 g/mol. The van der Waals surface area contributed by atoms with Crippen molar-refractivity contribution >= 4 is 33.3 Å². The van der Waals surface area contributed by atoms with Gasteiger partial charge in [0, 0.05) is 0 Å². The zero-order valence-electron chi connectivity index (χ0n) is 17.7. The number of hydrogen-bond donors (Lipinski definition) is 0. The molecule has 4 aromatic rings. The number of rotatable bonds is 2. The molecule has 0 radical (unpaired) electrons. The number of amides is 1. The number of anilines is 1. The van der Waals surface area contributed by atoms with Crippen molar-refractivity contribution in [3.8, 4) is 0 Å². The van der Waals surface area contributed by atoms with E-state index in [2.05, 4.69) is 31.0 Å². The number of carbonyl (C=O) groups is 1. The second-order valence-corrected chi connectivity index (χ2v) is 9.88. The van der Waals surface area contributed by atoms with Gasteiger partial charge in [0.2, 0.25) is 10.9 Å². The van der Waals surface area contributed by atoms with Gasteiger partial charge in [0.15, 0.2) is 5.43 Å². The van der Waals surface area contributed by atoms with Crippen LogP contribution in [-0.4, -0.2) is 16.1 Å². The van der Waals surface area contributed by atoms with Crippen LogP contribution < -0.4 is 10.3 Å². The molecule has 156 valence electrons. The van der Waals surface area contributed by atoms with Gasteiger partial charge in [0.1, 0.15) is 10.6 Å². The molecule has 0 spiro atoms. The minimum atomic E-state index is -0.621. The molecule has 1 unspecified atom stereocenters. The summed E-state index contributed by atoms with van der Waals surface area (Å²) in [5.74, 6) is -0.305. The molecule has 1 aliphatic heterocycles. The van der Waals surface area contributed by atoms with Gasteiger partial charge in [-0.2, -0.15) is 0 Å². The summed E-state index contributed by atoms with van der Waals surface area (Å²) in [4.78, 5) is 28.5. The van der Waals surface area contributed by atoms with Crippen molar-refractivity contribution in [2.24, 2.45) is 0 Å². The molecule has 1 atom stereocenters. The molecule has 2 aromatic heterocycles. The second-order valence-electron chi connectivity index (χ2n) is 8.72. The van der Waals surface area contributed by atoms with Crippen LogP contribution in [0.5, 0.6) is 0 Å². The maximum atomic E-state index is 13.5. The van der Waals surface area contributed by atoms with Crippen LogP contribution in [0.15, 0.2) is 57.7 Å². The van der Waals surface area contributed by atoms with E-state index in [0.29, 0.717) is 21.7 Å². The highest BCUT2D eigenvalue weighted by Gasteiger charge is 2.45. The van der Waals surface area contributed by atoms with Gasteiger partial charge >= 0.3 is 0 Å². The summed E-state index contributed by atoms with van der Waals surface area (Å²) < 4.78 is 5.95. The third kappa shape index (κ3) is 3.08. The third-order valence-corrected chi connectivity index (χ3v) is 6.43. The molecular weight excluding hydrogens is 410 g/mol. The highest BCUT2D eigenvalue weighted by Crippen LogP contribution is 2.42. The number of benzene rings is 2. The maximum Gasteiger partial charge on any atom is 0.297 e. The minimum absolute atomic E-state index is 0.00676. The van der Waals surface area contributed by atoms with E-state index in [0.717, 1.165) is 10.6 Å². The molecule has 31 heavy (non-hydrogen) atoms. The third-order valence-electron chi connectivity index (χ3n) is 5.59. The largest absolute Gasteiger partial charge is 0.450 e. The number of aryl methyl sites for hydroxylation is 1. The molecule has 2 aromatic carbocycles. The second kappa shape index (κ2) is 6.85. The van der Waals surface area contributed by atoms with Crippen molar-refractivity contribution in [1.82, 2.24) is 10.2 Å². The minimum Gasteiger partial charge on any atom is -0.450 e. The van der Waals surface area contributed by atoms with Gasteiger partial charge in [-0.15, -0.1) is 10.2 Å². The number of hydrogen-bond acceptors (Lipinski definition) is 6. The average molecular weight is 432 g/mol. The molecule has 0 bridgehead atoms. The van der Waals surface area contributed by atoms with Crippen LogP contribution in [-0.2, 0) is 5.41 Å². The van der Waals surface area contributed by atoms with Gasteiger partial charge in [0.05, 0.1) is 17.0 Å². The highest BCUT2D eigenvalue weighted by molar-refractivity contribution is 7.15. The molecule has 1 aliphatic rings. The molecule has 7 heteroatoms. The fraction of sp³-hybridized carbons (Fsp3) is 0.250. The van der Waals surface area contributed by atoms with E-state index in [1.807, 2.05) is 31.2 Å². The Kier molecular flexibility index (Phi) is 4.34. The fourth-order valence-corrected chi connectivity index (χ4v) is 4.70. The van der Waals surface area contributed by atoms with Crippen LogP contribution in [0, 0.1) is 6.92 Å². The van der Waals surface area contributed by atoms with Crippen LogP contribution in [0.3, 0.4) is 0 Å². The summed E-state index contributed by atoms with van der Waals surface area (Å²) in [6.07, 6.45) is 0. The maximum absolute atomic E-state index is 13.5. The molecule has 0 saturated heterocycles. The smallest absolute Gasteiger partial charge is 0.297 e. The predicted octanol–water partition coefficient (Wildman–Crippen LogP) is 5.00. The highest BCUT2D eigenvalue weighted by atomic mass is 32.1. The number of aromatic nitrogens is 2. The van der Waals surface area contributed by atoms with Gasteiger partial charge in [-0.05, 0) is 35.6 Å². The summed E-state index contributed by atoms with van der Waals surface area (Å²) in [6, 6.07) is 14.4. The predicted molar refractivity (Wildman–Crippen MR) is 121 cm³/mol. The molecule has 0 saturated carbocycles. The molecule has 0 fully saturated rings. The van der Waals surface area contributed by atoms with E-state index < -0.39 is 6.04 Å². The molecule has 0 N–H and O–H groups in total. The Labute approximate surface area is 183 Å². The lowest BCUT2D eigenvalue weighted by Gasteiger charge is -2.24. The molecule has 5 rings (SSSR count). The van der Waals surface area contributed by atoms with Crippen molar-refractivity contribution in [2.75, 3.05) is 4.90 Å². The Morgan fingerprint density at radius 3 is 2.35 bits per heavy atom. The van der Waals surface area contributed by atoms with Crippen molar-refractivity contribution in [3.05, 3.63) is 86.2 Å².